The zero-order chi connectivity index (χ0) is 11.7. The molecular formula is C11H12N2O3. The second kappa shape index (κ2) is 3.84. The first-order chi connectivity index (χ1) is 7.67. The minimum Gasteiger partial charge on any atom is -0.494 e. The molecule has 2 rings (SSSR count). The van der Waals surface area contributed by atoms with Gasteiger partial charge in [0.2, 0.25) is 11.4 Å². The van der Waals surface area contributed by atoms with E-state index in [0.29, 0.717) is 22.7 Å². The Kier molecular flexibility index (Phi) is 2.52. The molecule has 5 nitrogen and oxygen atoms in total. The van der Waals surface area contributed by atoms with Crippen LogP contribution in [-0.4, -0.2) is 24.2 Å². The van der Waals surface area contributed by atoms with E-state index in [0.717, 1.165) is 5.56 Å². The molecule has 0 aliphatic heterocycles. The normalized spacial score (nSPS) is 10.4. The highest BCUT2D eigenvalue weighted by molar-refractivity contribution is 5.83. The average Bonchev–Trinajstić information content (AvgIpc) is 2.28. The molecule has 0 saturated carbocycles. The summed E-state index contributed by atoms with van der Waals surface area (Å²) >= 11 is 0. The Labute approximate surface area is 92.0 Å². The highest BCUT2D eigenvalue weighted by Gasteiger charge is 2.13. The maximum Gasteiger partial charge on any atom is 0.248 e. The number of pyridine rings is 2. The van der Waals surface area contributed by atoms with E-state index in [1.54, 1.807) is 20.3 Å². The van der Waals surface area contributed by atoms with Crippen molar-refractivity contribution in [1.82, 2.24) is 9.97 Å². The Hall–Kier alpha value is -2.04. The van der Waals surface area contributed by atoms with Crippen molar-refractivity contribution in [3.63, 3.8) is 0 Å². The summed E-state index contributed by atoms with van der Waals surface area (Å²) in [6, 6.07) is 3.06. The second-order valence-electron chi connectivity index (χ2n) is 3.36. The van der Waals surface area contributed by atoms with Crippen LogP contribution in [0.5, 0.6) is 11.6 Å². The van der Waals surface area contributed by atoms with Crippen molar-refractivity contribution >= 4 is 11.0 Å². The number of nitrogens with one attached hydrogen (secondary N) is 1. The van der Waals surface area contributed by atoms with E-state index in [-0.39, 0.29) is 5.56 Å². The van der Waals surface area contributed by atoms with Crippen molar-refractivity contribution in [2.45, 2.75) is 6.92 Å². The molecule has 0 radical (unpaired) electrons. The Balaban J connectivity index is 2.90. The van der Waals surface area contributed by atoms with Gasteiger partial charge in [-0.15, -0.1) is 0 Å². The number of rotatable bonds is 2. The van der Waals surface area contributed by atoms with E-state index in [1.165, 1.54) is 6.07 Å². The number of fused-ring (bicyclic) bond motifs is 1. The summed E-state index contributed by atoms with van der Waals surface area (Å²) < 4.78 is 10.4. The summed E-state index contributed by atoms with van der Waals surface area (Å²) in [6.07, 6.45) is 0. The van der Waals surface area contributed by atoms with Crippen LogP contribution in [0.3, 0.4) is 0 Å². The minimum atomic E-state index is -0.183. The third-order valence-electron chi connectivity index (χ3n) is 2.40. The zero-order valence-electron chi connectivity index (χ0n) is 9.33. The van der Waals surface area contributed by atoms with Crippen molar-refractivity contribution in [3.8, 4) is 11.6 Å². The van der Waals surface area contributed by atoms with Crippen LogP contribution in [0.15, 0.2) is 16.9 Å². The van der Waals surface area contributed by atoms with Gasteiger partial charge in [-0.05, 0) is 13.0 Å². The average molecular weight is 220 g/mol. The lowest BCUT2D eigenvalue weighted by Gasteiger charge is -2.11. The van der Waals surface area contributed by atoms with E-state index < -0.39 is 0 Å². The van der Waals surface area contributed by atoms with Crippen molar-refractivity contribution in [3.05, 3.63) is 28.0 Å². The monoisotopic (exact) mass is 220 g/mol. The van der Waals surface area contributed by atoms with Crippen LogP contribution in [0.1, 0.15) is 5.56 Å². The largest absolute Gasteiger partial charge is 0.494 e. The zero-order valence-corrected chi connectivity index (χ0v) is 9.33. The van der Waals surface area contributed by atoms with E-state index >= 15 is 0 Å². The summed E-state index contributed by atoms with van der Waals surface area (Å²) in [5.41, 5.74) is 1.81. The molecule has 0 bridgehead atoms. The lowest BCUT2D eigenvalue weighted by Crippen LogP contribution is -2.06. The minimum absolute atomic E-state index is 0.183. The fourth-order valence-corrected chi connectivity index (χ4v) is 1.66. The number of nitrogens with zero attached hydrogens (tertiary/aromatic N) is 1. The smallest absolute Gasteiger partial charge is 0.248 e. The molecule has 2 aromatic heterocycles. The van der Waals surface area contributed by atoms with Crippen LogP contribution in [0.25, 0.3) is 11.0 Å². The Bertz CT molecular complexity index is 590. The molecule has 5 heteroatoms. The molecule has 2 heterocycles. The van der Waals surface area contributed by atoms with Gasteiger partial charge >= 0.3 is 0 Å². The fourth-order valence-electron chi connectivity index (χ4n) is 1.66. The molecule has 2 aromatic rings. The predicted octanol–water partition coefficient (Wildman–Crippen LogP) is 1.25. The van der Waals surface area contributed by atoms with Crippen LogP contribution >= 0.6 is 0 Å². The molecule has 0 fully saturated rings. The Morgan fingerprint density at radius 1 is 1.25 bits per heavy atom. The Morgan fingerprint density at radius 3 is 2.62 bits per heavy atom. The number of aromatic amines is 1. The second-order valence-corrected chi connectivity index (χ2v) is 3.36. The highest BCUT2D eigenvalue weighted by atomic mass is 16.5. The topological polar surface area (TPSA) is 64.2 Å². The van der Waals surface area contributed by atoms with Gasteiger partial charge in [-0.2, -0.15) is 0 Å². The third-order valence-corrected chi connectivity index (χ3v) is 2.40. The maximum atomic E-state index is 11.2. The van der Waals surface area contributed by atoms with Crippen molar-refractivity contribution in [2.75, 3.05) is 14.2 Å². The van der Waals surface area contributed by atoms with Crippen LogP contribution in [0.2, 0.25) is 0 Å². The van der Waals surface area contributed by atoms with Crippen LogP contribution in [0.4, 0.5) is 0 Å². The van der Waals surface area contributed by atoms with E-state index in [9.17, 15) is 4.79 Å². The van der Waals surface area contributed by atoms with Crippen LogP contribution in [-0.2, 0) is 0 Å². The van der Waals surface area contributed by atoms with Gasteiger partial charge in [0.05, 0.1) is 25.3 Å². The lowest BCUT2D eigenvalue weighted by atomic mass is 10.2. The number of aromatic nitrogens is 2. The van der Waals surface area contributed by atoms with Gasteiger partial charge in [0.1, 0.15) is 5.52 Å². The van der Waals surface area contributed by atoms with E-state index in [2.05, 4.69) is 9.97 Å². The standard InChI is InChI=1S/C11H12N2O3/c1-6-10(15-2)9-7(12-11(6)16-3)4-5-8(14)13-9/h4-5H,1-3H3,(H,13,14). The van der Waals surface area contributed by atoms with Gasteiger partial charge in [0.15, 0.2) is 5.75 Å². The maximum absolute atomic E-state index is 11.2. The molecule has 84 valence electrons. The number of hydrogen-bond donors (Lipinski definition) is 1. The first kappa shape index (κ1) is 10.5. The van der Waals surface area contributed by atoms with Crippen molar-refractivity contribution in [1.29, 1.82) is 0 Å². The molecule has 16 heavy (non-hydrogen) atoms. The van der Waals surface area contributed by atoms with Gasteiger partial charge in [0.25, 0.3) is 0 Å². The van der Waals surface area contributed by atoms with Gasteiger partial charge in [-0.1, -0.05) is 0 Å². The summed E-state index contributed by atoms with van der Waals surface area (Å²) in [6.45, 7) is 1.83. The number of methoxy groups -OCH3 is 2. The van der Waals surface area contributed by atoms with E-state index in [1.807, 2.05) is 6.92 Å². The molecule has 0 aliphatic carbocycles. The molecule has 0 unspecified atom stereocenters. The van der Waals surface area contributed by atoms with E-state index in [4.69, 9.17) is 9.47 Å². The fraction of sp³-hybridized carbons (Fsp3) is 0.273. The Morgan fingerprint density at radius 2 is 2.00 bits per heavy atom. The summed E-state index contributed by atoms with van der Waals surface area (Å²) in [5.74, 6) is 1.08. The number of hydrogen-bond acceptors (Lipinski definition) is 4. The first-order valence-electron chi connectivity index (χ1n) is 4.79. The molecule has 1 N–H and O–H groups in total. The van der Waals surface area contributed by atoms with Gasteiger partial charge in [0, 0.05) is 6.07 Å². The molecule has 0 aromatic carbocycles. The number of ether oxygens (including phenoxy) is 2. The summed E-state index contributed by atoms with van der Waals surface area (Å²) in [7, 11) is 3.10. The summed E-state index contributed by atoms with van der Waals surface area (Å²) in [4.78, 5) is 18.2. The molecule has 0 amide bonds. The van der Waals surface area contributed by atoms with Gasteiger partial charge < -0.3 is 14.5 Å². The molecule has 0 spiro atoms. The number of H-pyrrole nitrogens is 1. The van der Waals surface area contributed by atoms with Crippen LogP contribution in [0, 0.1) is 6.92 Å². The quantitative estimate of drug-likeness (QED) is 0.827. The molecular weight excluding hydrogens is 208 g/mol. The molecule has 0 aliphatic rings. The SMILES string of the molecule is COc1nc2ccc(=O)[nH]c2c(OC)c1C. The van der Waals surface area contributed by atoms with Gasteiger partial charge in [-0.3, -0.25) is 4.79 Å². The predicted molar refractivity (Wildman–Crippen MR) is 60.2 cm³/mol. The van der Waals surface area contributed by atoms with Crippen molar-refractivity contribution < 1.29 is 9.47 Å². The van der Waals surface area contributed by atoms with Crippen molar-refractivity contribution in [2.24, 2.45) is 0 Å². The first-order valence-corrected chi connectivity index (χ1v) is 4.79. The van der Waals surface area contributed by atoms with Gasteiger partial charge in [-0.25, -0.2) is 4.98 Å². The highest BCUT2D eigenvalue weighted by Crippen LogP contribution is 2.31. The molecule has 0 atom stereocenters. The van der Waals surface area contributed by atoms with Crippen LogP contribution < -0.4 is 15.0 Å². The lowest BCUT2D eigenvalue weighted by molar-refractivity contribution is 0.380. The molecule has 0 saturated heterocycles. The third kappa shape index (κ3) is 1.50. The summed E-state index contributed by atoms with van der Waals surface area (Å²) in [5, 5.41) is 0.